The molecule has 0 aromatic heterocycles. The van der Waals surface area contributed by atoms with E-state index in [0.717, 1.165) is 0 Å². The first kappa shape index (κ1) is 22.8. The van der Waals surface area contributed by atoms with Crippen LogP contribution in [0.5, 0.6) is 0 Å². The minimum atomic E-state index is 0. The molecule has 0 fully saturated rings. The predicted molar refractivity (Wildman–Crippen MR) is 2.22 cm³/mol. The van der Waals surface area contributed by atoms with Crippen molar-refractivity contribution in [1.82, 2.24) is 0 Å². The molecule has 0 saturated carbocycles. The molecule has 0 heterocycles. The summed E-state index contributed by atoms with van der Waals surface area (Å²) in [6.07, 6.45) is 0. The van der Waals surface area contributed by atoms with Crippen LogP contribution in [0, 0.1) is 0 Å². The normalized spacial score (nSPS) is 0. The van der Waals surface area contributed by atoms with Crippen molar-refractivity contribution in [2.45, 2.75) is 0 Å². The van der Waals surface area contributed by atoms with Gasteiger partial charge in [0.1, 0.15) is 0 Å². The van der Waals surface area contributed by atoms with Crippen LogP contribution in [0.15, 0.2) is 0 Å². The van der Waals surface area contributed by atoms with Crippen molar-refractivity contribution in [2.24, 2.45) is 0 Å². The predicted octanol–water partition coefficient (Wildman–Crippen LogP) is -5.77. The molecule has 0 spiro atoms. The van der Waals surface area contributed by atoms with Crippen LogP contribution in [0.1, 0.15) is 2.85 Å². The second-order valence-electron chi connectivity index (χ2n) is 0. The van der Waals surface area contributed by atoms with Crippen molar-refractivity contribution in [2.75, 3.05) is 0 Å². The van der Waals surface area contributed by atoms with Crippen LogP contribution in [0.2, 0.25) is 0 Å². The molecule has 1 radical (unpaired) electrons. The van der Waals surface area contributed by atoms with Crippen molar-refractivity contribution in [3.8, 4) is 0 Å². The van der Waals surface area contributed by atoms with Gasteiger partial charge in [-0.05, 0) is 0 Å². The van der Waals surface area contributed by atoms with E-state index in [0.29, 0.717) is 0 Å². The fourth-order valence-electron chi connectivity index (χ4n) is 0. The van der Waals surface area contributed by atoms with E-state index in [-0.39, 0.29) is 167 Å². The summed E-state index contributed by atoms with van der Waals surface area (Å²) in [5.74, 6) is 0. The fraction of sp³-hybridized carbons (Fsp3) is 0. The van der Waals surface area contributed by atoms with Crippen molar-refractivity contribution < 1.29 is 167 Å². The molecule has 11 valence electrons. The molecule has 0 rings (SSSR count). The van der Waals surface area contributed by atoms with Crippen LogP contribution in [-0.4, -0.2) is 0 Å². The van der Waals surface area contributed by atoms with Gasteiger partial charge < -0.3 is 2.85 Å². The van der Waals surface area contributed by atoms with E-state index in [2.05, 4.69) is 0 Å². The largest absolute Gasteiger partial charge is 1.00 e. The molecule has 0 aliphatic rings. The molecule has 0 saturated heterocycles. The van der Waals surface area contributed by atoms with Gasteiger partial charge in [-0.15, -0.1) is 0 Å². The number of hydrogen-bond acceptors (Lipinski definition) is 0. The molecule has 4 heteroatoms. The molecule has 4 heavy (non-hydrogen) atoms. The summed E-state index contributed by atoms with van der Waals surface area (Å²) in [6, 6.07) is 0. The van der Waals surface area contributed by atoms with E-state index in [1.54, 1.807) is 0 Å². The maximum Gasteiger partial charge on any atom is 1.00 e. The topological polar surface area (TPSA) is 0 Å². The van der Waals surface area contributed by atoms with E-state index in [1.165, 1.54) is 0 Å². The van der Waals surface area contributed by atoms with Crippen LogP contribution in [0.25, 0.3) is 0 Å². The minimum Gasteiger partial charge on any atom is -1.00 e. The first-order chi connectivity index (χ1) is 0. The Morgan fingerprint density at radius 3 is 1.25 bits per heavy atom. The van der Waals surface area contributed by atoms with Crippen LogP contribution >= 0.6 is 0 Å². The zero-order valence-corrected chi connectivity index (χ0v) is 15.5. The van der Waals surface area contributed by atoms with Crippen molar-refractivity contribution in [1.29, 1.82) is 0 Å². The Kier molecular flexibility index (Phi) is 89.8. The zero-order valence-electron chi connectivity index (χ0n) is 5.08. The summed E-state index contributed by atoms with van der Waals surface area (Å²) in [6.45, 7) is 0. The Balaban J connectivity index is 0. The minimum absolute atomic E-state index is 0. The molecule has 0 bridgehead atoms. The Bertz CT molecular complexity index is 13.5. The van der Waals surface area contributed by atoms with Gasteiger partial charge in [-0.25, -0.2) is 0 Å². The summed E-state index contributed by atoms with van der Waals surface area (Å²) >= 11 is 0. The molecule has 0 aliphatic heterocycles. The Morgan fingerprint density at radius 1 is 1.25 bits per heavy atom. The SMILES string of the molecule is [H-].[H-].[K+].[Rb+].[Ti].[Y]. The van der Waals surface area contributed by atoms with E-state index < -0.39 is 0 Å². The van der Waals surface area contributed by atoms with Gasteiger partial charge in [0.05, 0.1) is 0 Å². The Morgan fingerprint density at radius 2 is 1.25 bits per heavy atom. The third-order valence-electron chi connectivity index (χ3n) is 0. The molecule has 0 amide bonds. The summed E-state index contributed by atoms with van der Waals surface area (Å²) in [4.78, 5) is 0. The van der Waals surface area contributed by atoms with E-state index in [9.17, 15) is 0 Å². The van der Waals surface area contributed by atoms with E-state index in [1.807, 2.05) is 0 Å². The maximum atomic E-state index is 0. The Labute approximate surface area is 161 Å². The van der Waals surface area contributed by atoms with Gasteiger partial charge in [0, 0.05) is 54.4 Å². The van der Waals surface area contributed by atoms with Crippen molar-refractivity contribution >= 4 is 0 Å². The van der Waals surface area contributed by atoms with Crippen LogP contribution in [0.3, 0.4) is 0 Å². The van der Waals surface area contributed by atoms with Gasteiger partial charge in [0.25, 0.3) is 0 Å². The smallest absolute Gasteiger partial charge is 1.00 e. The molecular formula is H2KRbTiY. The average Bonchev–Trinajstić information content (AvgIpc) is 0. The first-order valence-corrected chi connectivity index (χ1v) is 0. The molecule has 0 aromatic carbocycles. The quantitative estimate of drug-likeness (QED) is 0.382. The van der Waals surface area contributed by atoms with Gasteiger partial charge in [0.2, 0.25) is 0 Å². The molecule has 0 N–H and O–H groups in total. The van der Waals surface area contributed by atoms with Crippen molar-refractivity contribution in [3.05, 3.63) is 0 Å². The van der Waals surface area contributed by atoms with Crippen LogP contribution in [-0.2, 0) is 54.4 Å². The average molecular weight is 263 g/mol. The number of hydrogen-bond donors (Lipinski definition) is 0. The molecule has 0 aliphatic carbocycles. The molecule has 0 aromatic rings. The van der Waals surface area contributed by atoms with Gasteiger partial charge in [0.15, 0.2) is 0 Å². The first-order valence-electron chi connectivity index (χ1n) is 0. The van der Waals surface area contributed by atoms with Gasteiger partial charge in [-0.1, -0.05) is 0 Å². The van der Waals surface area contributed by atoms with Crippen LogP contribution in [0.4, 0.5) is 0 Å². The Hall–Kier alpha value is 5.26. The summed E-state index contributed by atoms with van der Waals surface area (Å²) in [7, 11) is 0. The van der Waals surface area contributed by atoms with Gasteiger partial charge in [-0.2, -0.15) is 0 Å². The molecule has 0 nitrogen and oxygen atoms in total. The second kappa shape index (κ2) is 15.7. The molecule has 0 atom stereocenters. The van der Waals surface area contributed by atoms with Crippen LogP contribution < -0.4 is 110 Å². The third-order valence-corrected chi connectivity index (χ3v) is 0. The zero-order chi connectivity index (χ0) is 0. The second-order valence-corrected chi connectivity index (χ2v) is 0. The van der Waals surface area contributed by atoms with Crippen molar-refractivity contribution in [3.63, 3.8) is 0 Å². The molecular weight excluding hydrogens is 261 g/mol. The summed E-state index contributed by atoms with van der Waals surface area (Å²) < 4.78 is 0. The summed E-state index contributed by atoms with van der Waals surface area (Å²) in [5, 5.41) is 0. The third kappa shape index (κ3) is 10.3. The molecule has 0 unspecified atom stereocenters. The van der Waals surface area contributed by atoms with Gasteiger partial charge in [-0.3, -0.25) is 0 Å². The maximum absolute atomic E-state index is 0. The monoisotopic (exact) mass is 263 g/mol. The van der Waals surface area contributed by atoms with Gasteiger partial charge >= 0.3 is 110 Å². The fourth-order valence-corrected chi connectivity index (χ4v) is 0. The standard InChI is InChI=1S/K.Rb.Ti.Y.2H/q2*+1;;;2*-1. The number of rotatable bonds is 0. The van der Waals surface area contributed by atoms with E-state index >= 15 is 0 Å². The van der Waals surface area contributed by atoms with E-state index in [4.69, 9.17) is 0 Å². The summed E-state index contributed by atoms with van der Waals surface area (Å²) in [5.41, 5.74) is 0.